The van der Waals surface area contributed by atoms with Gasteiger partial charge in [0.15, 0.2) is 0 Å². The maximum atomic E-state index is 12.3. The van der Waals surface area contributed by atoms with Gasteiger partial charge in [0.25, 0.3) is 0 Å². The molecule has 2 heterocycles. The lowest BCUT2D eigenvalue weighted by Gasteiger charge is -2.35. The first kappa shape index (κ1) is 18.7. The molecule has 0 bridgehead atoms. The predicted molar refractivity (Wildman–Crippen MR) is 105 cm³/mol. The van der Waals surface area contributed by atoms with Crippen LogP contribution >= 0.6 is 12.2 Å². The highest BCUT2D eigenvalue weighted by Gasteiger charge is 2.25. The number of hydrogen-bond donors (Lipinski definition) is 1. The summed E-state index contributed by atoms with van der Waals surface area (Å²) < 4.78 is 13.0. The molecule has 0 radical (unpaired) electrons. The second-order valence-corrected chi connectivity index (χ2v) is 6.19. The summed E-state index contributed by atoms with van der Waals surface area (Å²) in [7, 11) is 0. The molecule has 3 rings (SSSR count). The smallest absolute Gasteiger partial charge is 0.341 e. The van der Waals surface area contributed by atoms with Gasteiger partial charge in [0.05, 0.1) is 37.8 Å². The molecule has 1 aliphatic heterocycles. The van der Waals surface area contributed by atoms with Gasteiger partial charge in [0.2, 0.25) is 0 Å². The van der Waals surface area contributed by atoms with Crippen molar-refractivity contribution < 1.29 is 14.3 Å². The Kier molecular flexibility index (Phi) is 5.62. The second-order valence-electron chi connectivity index (χ2n) is 5.80. The van der Waals surface area contributed by atoms with Gasteiger partial charge in [-0.15, -0.1) is 0 Å². The Hall–Kier alpha value is -3.05. The Morgan fingerprint density at radius 2 is 2.11 bits per heavy atom. The molecule has 1 aromatic heterocycles. The Morgan fingerprint density at radius 3 is 2.81 bits per heavy atom. The summed E-state index contributed by atoms with van der Waals surface area (Å²) in [6.07, 6.45) is 0. The van der Waals surface area contributed by atoms with Gasteiger partial charge in [-0.2, -0.15) is 5.26 Å². The first-order valence-electron chi connectivity index (χ1n) is 8.66. The van der Waals surface area contributed by atoms with Crippen molar-refractivity contribution in [1.29, 1.82) is 5.26 Å². The molecule has 0 fully saturated rings. The topological polar surface area (TPSA) is 79.5 Å². The van der Waals surface area contributed by atoms with Crippen molar-refractivity contribution in [1.82, 2.24) is 4.57 Å². The fourth-order valence-corrected chi connectivity index (χ4v) is 3.24. The van der Waals surface area contributed by atoms with Crippen molar-refractivity contribution in [3.05, 3.63) is 46.1 Å². The molecule has 0 saturated carbocycles. The van der Waals surface area contributed by atoms with E-state index in [0.29, 0.717) is 36.0 Å². The first-order valence-corrected chi connectivity index (χ1v) is 9.07. The highest BCUT2D eigenvalue weighted by Crippen LogP contribution is 2.32. The molecule has 2 aromatic rings. The fourth-order valence-electron chi connectivity index (χ4n) is 2.99. The Balaban J connectivity index is 2.05. The van der Waals surface area contributed by atoms with Crippen molar-refractivity contribution >= 4 is 29.7 Å². The molecular formula is C19H20N4O3S. The number of carbonyl (C=O) groups excluding carboxylic acids is 1. The molecular weight excluding hydrogens is 364 g/mol. The molecule has 8 heteroatoms. The molecule has 7 nitrogen and oxygen atoms in total. The van der Waals surface area contributed by atoms with Crippen LogP contribution in [0.5, 0.6) is 5.75 Å². The molecule has 27 heavy (non-hydrogen) atoms. The minimum Gasteiger partial charge on any atom is -0.492 e. The summed E-state index contributed by atoms with van der Waals surface area (Å²) in [5, 5.41) is 12.7. The fraction of sp³-hybridized carbons (Fsp3) is 0.316. The van der Waals surface area contributed by atoms with Crippen LogP contribution in [0.1, 0.15) is 29.8 Å². The van der Waals surface area contributed by atoms with Crippen LogP contribution in [-0.2, 0) is 11.4 Å². The van der Waals surface area contributed by atoms with Crippen LogP contribution in [0.4, 0.5) is 11.5 Å². The molecule has 0 amide bonds. The van der Waals surface area contributed by atoms with Gasteiger partial charge < -0.3 is 19.7 Å². The van der Waals surface area contributed by atoms with Gasteiger partial charge in [-0.1, -0.05) is 24.4 Å². The van der Waals surface area contributed by atoms with Crippen LogP contribution in [0.2, 0.25) is 0 Å². The predicted octanol–water partition coefficient (Wildman–Crippen LogP) is 3.51. The Labute approximate surface area is 162 Å². The van der Waals surface area contributed by atoms with Crippen molar-refractivity contribution in [3.8, 4) is 11.8 Å². The number of nitrogens with zero attached hydrogens (tertiary/aromatic N) is 3. The van der Waals surface area contributed by atoms with Crippen LogP contribution in [0, 0.1) is 16.0 Å². The maximum absolute atomic E-state index is 12.3. The zero-order valence-corrected chi connectivity index (χ0v) is 16.0. The van der Waals surface area contributed by atoms with Crippen LogP contribution in [-0.4, -0.2) is 30.4 Å². The number of ether oxygens (including phenoxy) is 2. The number of anilines is 2. The van der Waals surface area contributed by atoms with Gasteiger partial charge in [-0.25, -0.2) is 4.79 Å². The van der Waals surface area contributed by atoms with Crippen LogP contribution in [0.25, 0.3) is 0 Å². The van der Waals surface area contributed by atoms with Crippen molar-refractivity contribution in [2.75, 3.05) is 30.1 Å². The third-order valence-corrected chi connectivity index (χ3v) is 4.60. The molecule has 1 aliphatic rings. The standard InChI is InChI=1S/C19H20N4O3S/c1-3-25-16-8-6-5-7-15(16)22-11-21-17-14(19(24)26-4-2)9-13(10-20)18(27)23(17)12-22/h5-9,21H,3-4,11-12H2,1-2H3. The summed E-state index contributed by atoms with van der Waals surface area (Å²) in [6, 6.07) is 11.3. The first-order chi connectivity index (χ1) is 13.1. The number of nitrogens with one attached hydrogen (secondary N) is 1. The molecule has 0 atom stereocenters. The average molecular weight is 384 g/mol. The van der Waals surface area contributed by atoms with Crippen LogP contribution in [0.3, 0.4) is 0 Å². The number of benzene rings is 1. The average Bonchev–Trinajstić information content (AvgIpc) is 2.69. The van der Waals surface area contributed by atoms with Crippen molar-refractivity contribution in [2.24, 2.45) is 0 Å². The number of hydrogen-bond acceptors (Lipinski definition) is 7. The van der Waals surface area contributed by atoms with Crippen molar-refractivity contribution in [2.45, 2.75) is 20.5 Å². The minimum absolute atomic E-state index is 0.254. The lowest BCUT2D eigenvalue weighted by Crippen LogP contribution is -2.39. The van der Waals surface area contributed by atoms with Crippen LogP contribution < -0.4 is 15.0 Å². The van der Waals surface area contributed by atoms with E-state index in [1.165, 1.54) is 6.07 Å². The van der Waals surface area contributed by atoms with Crippen LogP contribution in [0.15, 0.2) is 30.3 Å². The largest absolute Gasteiger partial charge is 0.492 e. The number of pyridine rings is 1. The van der Waals surface area contributed by atoms with Gasteiger partial charge >= 0.3 is 5.97 Å². The molecule has 0 spiro atoms. The maximum Gasteiger partial charge on any atom is 0.341 e. The molecule has 1 N–H and O–H groups in total. The number of rotatable bonds is 5. The van der Waals surface area contributed by atoms with E-state index in [-0.39, 0.29) is 12.2 Å². The minimum atomic E-state index is -0.483. The summed E-state index contributed by atoms with van der Waals surface area (Å²) in [6.45, 7) is 5.32. The molecule has 0 unspecified atom stereocenters. The molecule has 0 saturated heterocycles. The quantitative estimate of drug-likeness (QED) is 0.624. The van der Waals surface area contributed by atoms with E-state index >= 15 is 0 Å². The number of para-hydroxylation sites is 2. The number of nitriles is 1. The van der Waals surface area contributed by atoms with Gasteiger partial charge in [0, 0.05) is 0 Å². The Morgan fingerprint density at radius 1 is 1.33 bits per heavy atom. The SMILES string of the molecule is CCOC(=O)c1cc(C#N)c(=S)n2c1NCN(c1ccccc1OCC)C2. The summed E-state index contributed by atoms with van der Waals surface area (Å²) in [5.74, 6) is 0.838. The lowest BCUT2D eigenvalue weighted by molar-refractivity contribution is 0.0526. The highest BCUT2D eigenvalue weighted by atomic mass is 32.1. The van der Waals surface area contributed by atoms with E-state index in [1.54, 1.807) is 11.5 Å². The highest BCUT2D eigenvalue weighted by molar-refractivity contribution is 7.71. The third kappa shape index (κ3) is 3.59. The zero-order valence-electron chi connectivity index (χ0n) is 15.2. The van der Waals surface area contributed by atoms with Gasteiger partial charge in [-0.3, -0.25) is 4.57 Å². The van der Waals surface area contributed by atoms with E-state index in [9.17, 15) is 10.1 Å². The van der Waals surface area contributed by atoms with Crippen molar-refractivity contribution in [3.63, 3.8) is 0 Å². The second kappa shape index (κ2) is 8.10. The number of fused-ring (bicyclic) bond motifs is 1. The molecule has 0 aliphatic carbocycles. The normalized spacial score (nSPS) is 12.6. The lowest BCUT2D eigenvalue weighted by atomic mass is 10.1. The number of carbonyl (C=O) groups is 1. The van der Waals surface area contributed by atoms with E-state index in [4.69, 9.17) is 21.7 Å². The zero-order chi connectivity index (χ0) is 19.4. The van der Waals surface area contributed by atoms with E-state index < -0.39 is 5.97 Å². The monoisotopic (exact) mass is 384 g/mol. The number of esters is 1. The van der Waals surface area contributed by atoms with E-state index in [0.717, 1.165) is 11.4 Å². The summed E-state index contributed by atoms with van der Waals surface area (Å²) in [4.78, 5) is 14.4. The third-order valence-electron chi connectivity index (χ3n) is 4.16. The molecule has 140 valence electrons. The summed E-state index contributed by atoms with van der Waals surface area (Å²) in [5.41, 5.74) is 1.47. The van der Waals surface area contributed by atoms with E-state index in [1.807, 2.05) is 36.1 Å². The van der Waals surface area contributed by atoms with Gasteiger partial charge in [0.1, 0.15) is 27.8 Å². The number of aromatic nitrogens is 1. The Bertz CT molecular complexity index is 964. The van der Waals surface area contributed by atoms with Gasteiger partial charge in [-0.05, 0) is 32.0 Å². The van der Waals surface area contributed by atoms with E-state index in [2.05, 4.69) is 11.4 Å². The molecule has 1 aromatic carbocycles. The summed E-state index contributed by atoms with van der Waals surface area (Å²) >= 11 is 5.47.